The Kier molecular flexibility index (Phi) is 5.32. The number of para-hydroxylation sites is 1. The number of aryl methyl sites for hydroxylation is 1. The fraction of sp³-hybridized carbons (Fsp3) is 0.200. The summed E-state index contributed by atoms with van der Waals surface area (Å²) in [7, 11) is 1.50. The van der Waals surface area contributed by atoms with E-state index in [9.17, 15) is 9.59 Å². The molecule has 0 saturated heterocycles. The number of benzene rings is 2. The number of hydrogen-bond donors (Lipinski definition) is 1. The van der Waals surface area contributed by atoms with Crippen molar-refractivity contribution in [2.45, 2.75) is 11.8 Å². The number of Topliss-reactive ketones (excluding diaryl/α,β-unsaturated/α-hetero) is 1. The van der Waals surface area contributed by atoms with Crippen LogP contribution in [0.25, 0.3) is 10.9 Å². The first-order chi connectivity index (χ1) is 12.5. The lowest BCUT2D eigenvalue weighted by atomic mass is 10.1. The van der Waals surface area contributed by atoms with Gasteiger partial charge in [0.2, 0.25) is 5.78 Å². The van der Waals surface area contributed by atoms with E-state index in [2.05, 4.69) is 4.98 Å². The first-order valence-electron chi connectivity index (χ1n) is 8.04. The zero-order chi connectivity index (χ0) is 18.7. The van der Waals surface area contributed by atoms with Gasteiger partial charge in [-0.15, -0.1) is 11.8 Å². The molecule has 1 N–H and O–H groups in total. The number of nitrogens with one attached hydrogen (secondary N) is 1. The van der Waals surface area contributed by atoms with Gasteiger partial charge < -0.3 is 14.5 Å². The van der Waals surface area contributed by atoms with Gasteiger partial charge in [-0.25, -0.2) is 4.79 Å². The topological polar surface area (TPSA) is 68.4 Å². The Bertz CT molecular complexity index is 977. The number of methoxy groups -OCH3 is 1. The maximum Gasteiger partial charge on any atom is 0.342 e. The minimum atomic E-state index is -0.583. The highest BCUT2D eigenvalue weighted by molar-refractivity contribution is 7.98. The van der Waals surface area contributed by atoms with Crippen molar-refractivity contribution in [1.29, 1.82) is 0 Å². The smallest absolute Gasteiger partial charge is 0.342 e. The van der Waals surface area contributed by atoms with Crippen LogP contribution in [0, 0.1) is 6.92 Å². The van der Waals surface area contributed by atoms with Gasteiger partial charge in [0.05, 0.1) is 7.11 Å². The van der Waals surface area contributed by atoms with Gasteiger partial charge in [0, 0.05) is 27.1 Å². The lowest BCUT2D eigenvalue weighted by Gasteiger charge is -2.10. The van der Waals surface area contributed by atoms with Crippen LogP contribution in [-0.2, 0) is 4.74 Å². The predicted octanol–water partition coefficient (Wildman–Crippen LogP) is 4.25. The number of thioether (sulfide) groups is 1. The number of aromatic nitrogens is 1. The van der Waals surface area contributed by atoms with Crippen LogP contribution in [0.3, 0.4) is 0 Å². The SMILES string of the molecule is COc1cc(SC)ccc1C(=O)OCC(=O)c1c(C)[nH]c2ccccc12. The number of ketones is 1. The van der Waals surface area contributed by atoms with Gasteiger partial charge in [-0.1, -0.05) is 18.2 Å². The van der Waals surface area contributed by atoms with Crippen LogP contribution in [0.1, 0.15) is 26.4 Å². The van der Waals surface area contributed by atoms with Crippen LogP contribution in [-0.4, -0.2) is 36.7 Å². The normalized spacial score (nSPS) is 10.7. The van der Waals surface area contributed by atoms with E-state index in [1.54, 1.807) is 23.9 Å². The molecule has 3 aromatic rings. The highest BCUT2D eigenvalue weighted by Gasteiger charge is 2.20. The van der Waals surface area contributed by atoms with E-state index >= 15 is 0 Å². The second-order valence-corrected chi connectivity index (χ2v) is 6.62. The van der Waals surface area contributed by atoms with Crippen LogP contribution in [0.4, 0.5) is 0 Å². The third kappa shape index (κ3) is 3.46. The van der Waals surface area contributed by atoms with Gasteiger partial charge in [0.25, 0.3) is 0 Å². The molecule has 6 heteroatoms. The summed E-state index contributed by atoms with van der Waals surface area (Å²) in [6.07, 6.45) is 1.94. The molecule has 0 radical (unpaired) electrons. The number of aromatic amines is 1. The van der Waals surface area contributed by atoms with E-state index in [-0.39, 0.29) is 12.4 Å². The molecule has 1 heterocycles. The molecule has 0 aliphatic rings. The number of carbonyl (C=O) groups is 2. The Morgan fingerprint density at radius 2 is 1.92 bits per heavy atom. The number of fused-ring (bicyclic) bond motifs is 1. The minimum absolute atomic E-state index is 0.243. The summed E-state index contributed by atoms with van der Waals surface area (Å²) in [5.74, 6) is -0.397. The number of carbonyl (C=O) groups excluding carboxylic acids is 2. The standard InChI is InChI=1S/C20H19NO4S/c1-12-19(14-6-4-5-7-16(14)21-12)17(22)11-25-20(23)15-9-8-13(26-3)10-18(15)24-2/h4-10,21H,11H2,1-3H3. The Hall–Kier alpha value is -2.73. The number of hydrogen-bond acceptors (Lipinski definition) is 5. The number of ether oxygens (including phenoxy) is 2. The summed E-state index contributed by atoms with van der Waals surface area (Å²) < 4.78 is 10.5. The van der Waals surface area contributed by atoms with Crippen LogP contribution < -0.4 is 4.74 Å². The van der Waals surface area contributed by atoms with Gasteiger partial charge in [0.1, 0.15) is 11.3 Å². The Labute approximate surface area is 155 Å². The van der Waals surface area contributed by atoms with Gasteiger partial charge in [-0.2, -0.15) is 0 Å². The van der Waals surface area contributed by atoms with Crippen LogP contribution in [0.2, 0.25) is 0 Å². The summed E-state index contributed by atoms with van der Waals surface area (Å²) >= 11 is 1.55. The molecule has 26 heavy (non-hydrogen) atoms. The summed E-state index contributed by atoms with van der Waals surface area (Å²) in [6.45, 7) is 1.51. The molecule has 0 fully saturated rings. The van der Waals surface area contributed by atoms with Crippen molar-refractivity contribution < 1.29 is 19.1 Å². The molecule has 2 aromatic carbocycles. The fourth-order valence-electron chi connectivity index (χ4n) is 2.88. The third-order valence-electron chi connectivity index (χ3n) is 4.14. The average Bonchev–Trinajstić information content (AvgIpc) is 3.00. The number of rotatable bonds is 6. The molecule has 0 amide bonds. The molecule has 0 spiro atoms. The zero-order valence-electron chi connectivity index (χ0n) is 14.8. The zero-order valence-corrected chi connectivity index (χ0v) is 15.6. The maximum absolute atomic E-state index is 12.6. The number of esters is 1. The molecule has 3 rings (SSSR count). The molecule has 0 atom stereocenters. The lowest BCUT2D eigenvalue weighted by Crippen LogP contribution is -2.15. The van der Waals surface area contributed by atoms with Crippen molar-refractivity contribution in [2.24, 2.45) is 0 Å². The van der Waals surface area contributed by atoms with Gasteiger partial charge >= 0.3 is 5.97 Å². The van der Waals surface area contributed by atoms with Crippen molar-refractivity contribution in [3.8, 4) is 5.75 Å². The molecule has 1 aromatic heterocycles. The molecule has 5 nitrogen and oxygen atoms in total. The van der Waals surface area contributed by atoms with Crippen LogP contribution >= 0.6 is 11.8 Å². The largest absolute Gasteiger partial charge is 0.496 e. The first-order valence-corrected chi connectivity index (χ1v) is 9.27. The summed E-state index contributed by atoms with van der Waals surface area (Å²) in [4.78, 5) is 29.1. The van der Waals surface area contributed by atoms with Crippen LogP contribution in [0.5, 0.6) is 5.75 Å². The summed E-state index contributed by atoms with van der Waals surface area (Å²) in [6, 6.07) is 12.8. The second kappa shape index (κ2) is 7.66. The van der Waals surface area contributed by atoms with Crippen molar-refractivity contribution >= 4 is 34.4 Å². The van der Waals surface area contributed by atoms with Crippen molar-refractivity contribution in [3.05, 3.63) is 59.3 Å². The maximum atomic E-state index is 12.6. The van der Waals surface area contributed by atoms with Gasteiger partial charge in [-0.05, 0) is 37.4 Å². The number of H-pyrrole nitrogens is 1. The van der Waals surface area contributed by atoms with Crippen molar-refractivity contribution in [3.63, 3.8) is 0 Å². The predicted molar refractivity (Wildman–Crippen MR) is 102 cm³/mol. The molecule has 0 aliphatic carbocycles. The molecule has 0 bridgehead atoms. The average molecular weight is 369 g/mol. The fourth-order valence-corrected chi connectivity index (χ4v) is 3.31. The van der Waals surface area contributed by atoms with E-state index in [4.69, 9.17) is 9.47 Å². The quantitative estimate of drug-likeness (QED) is 0.400. The molecule has 0 aliphatic heterocycles. The molecule has 0 saturated carbocycles. The molecule has 0 unspecified atom stereocenters. The van der Waals surface area contributed by atoms with E-state index in [1.165, 1.54) is 7.11 Å². The highest BCUT2D eigenvalue weighted by atomic mass is 32.2. The minimum Gasteiger partial charge on any atom is -0.496 e. The van der Waals surface area contributed by atoms with Crippen molar-refractivity contribution in [1.82, 2.24) is 4.98 Å². The van der Waals surface area contributed by atoms with E-state index in [0.717, 1.165) is 21.5 Å². The van der Waals surface area contributed by atoms with Crippen molar-refractivity contribution in [2.75, 3.05) is 20.0 Å². The lowest BCUT2D eigenvalue weighted by molar-refractivity contribution is 0.0471. The van der Waals surface area contributed by atoms with E-state index in [0.29, 0.717) is 16.9 Å². The Morgan fingerprint density at radius 3 is 2.65 bits per heavy atom. The first kappa shape index (κ1) is 18.1. The van der Waals surface area contributed by atoms with Gasteiger partial charge in [-0.3, -0.25) is 4.79 Å². The molecular formula is C20H19NO4S. The van der Waals surface area contributed by atoms with E-state index in [1.807, 2.05) is 43.5 Å². The second-order valence-electron chi connectivity index (χ2n) is 5.74. The Morgan fingerprint density at radius 1 is 1.15 bits per heavy atom. The molecule has 134 valence electrons. The Balaban J connectivity index is 1.77. The van der Waals surface area contributed by atoms with E-state index < -0.39 is 5.97 Å². The molecular weight excluding hydrogens is 350 g/mol. The summed E-state index contributed by atoms with van der Waals surface area (Å²) in [5.41, 5.74) is 2.50. The monoisotopic (exact) mass is 369 g/mol. The van der Waals surface area contributed by atoms with Gasteiger partial charge in [0.15, 0.2) is 6.61 Å². The third-order valence-corrected chi connectivity index (χ3v) is 4.86. The summed E-state index contributed by atoms with van der Waals surface area (Å²) in [5, 5.41) is 0.827. The highest BCUT2D eigenvalue weighted by Crippen LogP contribution is 2.26. The van der Waals surface area contributed by atoms with Crippen LogP contribution in [0.15, 0.2) is 47.4 Å².